The molecule has 0 N–H and O–H groups in total. The van der Waals surface area contributed by atoms with Gasteiger partial charge in [0.2, 0.25) is 6.20 Å². The highest BCUT2D eigenvalue weighted by molar-refractivity contribution is 5.34. The van der Waals surface area contributed by atoms with Gasteiger partial charge < -0.3 is 9.94 Å². The zero-order chi connectivity index (χ0) is 8.77. The smallest absolute Gasteiger partial charge is 0.222 e. The fourth-order valence-electron chi connectivity index (χ4n) is 1.52. The number of rotatable bonds is 0. The summed E-state index contributed by atoms with van der Waals surface area (Å²) in [5.74, 6) is 0.720. The Balaban J connectivity index is 2.43. The molecule has 0 saturated heterocycles. The third-order valence-electron chi connectivity index (χ3n) is 1.99. The Bertz CT molecular complexity index is 320. The minimum atomic E-state index is -0.156. The first-order valence-electron chi connectivity index (χ1n) is 3.98. The van der Waals surface area contributed by atoms with Crippen LogP contribution >= 0.6 is 0 Å². The standard InChI is InChI=1S/C9H11NO2/c1-9(2)5-7-3-4-10(11)6-8(7)12-9/h3-4,6H,5H2,1-2H3. The first-order chi connectivity index (χ1) is 5.57. The minimum Gasteiger partial charge on any atom is -0.619 e. The van der Waals surface area contributed by atoms with Gasteiger partial charge in [-0.2, -0.15) is 4.73 Å². The van der Waals surface area contributed by atoms with E-state index in [4.69, 9.17) is 4.74 Å². The SMILES string of the molecule is CC1(C)Cc2cc[n+]([O-])cc2O1. The lowest BCUT2D eigenvalue weighted by atomic mass is 10.0. The lowest BCUT2D eigenvalue weighted by molar-refractivity contribution is -0.605. The molecule has 0 fully saturated rings. The summed E-state index contributed by atoms with van der Waals surface area (Å²) >= 11 is 0. The average Bonchev–Trinajstić information content (AvgIpc) is 2.21. The Labute approximate surface area is 71.2 Å². The van der Waals surface area contributed by atoms with Gasteiger partial charge in [0.05, 0.1) is 0 Å². The summed E-state index contributed by atoms with van der Waals surface area (Å²) in [4.78, 5) is 0. The lowest BCUT2D eigenvalue weighted by Crippen LogP contribution is -2.26. The van der Waals surface area contributed by atoms with E-state index in [1.54, 1.807) is 0 Å². The number of aromatic nitrogens is 1. The second kappa shape index (κ2) is 2.12. The van der Waals surface area contributed by atoms with Crippen molar-refractivity contribution < 1.29 is 9.47 Å². The number of hydrogen-bond donors (Lipinski definition) is 0. The van der Waals surface area contributed by atoms with Crippen LogP contribution in [0.1, 0.15) is 19.4 Å². The number of pyridine rings is 1. The van der Waals surface area contributed by atoms with Crippen LogP contribution in [0.4, 0.5) is 0 Å². The molecule has 1 aromatic rings. The Morgan fingerprint density at radius 1 is 1.58 bits per heavy atom. The summed E-state index contributed by atoms with van der Waals surface area (Å²) in [7, 11) is 0. The molecule has 0 atom stereocenters. The zero-order valence-corrected chi connectivity index (χ0v) is 7.20. The van der Waals surface area contributed by atoms with Crippen molar-refractivity contribution in [1.29, 1.82) is 0 Å². The van der Waals surface area contributed by atoms with Crippen LogP contribution in [0.3, 0.4) is 0 Å². The van der Waals surface area contributed by atoms with Crippen LogP contribution in [0.25, 0.3) is 0 Å². The van der Waals surface area contributed by atoms with Crippen molar-refractivity contribution in [2.45, 2.75) is 25.9 Å². The molecular weight excluding hydrogens is 154 g/mol. The van der Waals surface area contributed by atoms with E-state index in [1.165, 1.54) is 12.4 Å². The first kappa shape index (κ1) is 7.40. The molecule has 0 aromatic carbocycles. The van der Waals surface area contributed by atoms with Gasteiger partial charge in [-0.05, 0) is 13.8 Å². The number of ether oxygens (including phenoxy) is 1. The van der Waals surface area contributed by atoms with Crippen molar-refractivity contribution in [3.8, 4) is 5.75 Å². The van der Waals surface area contributed by atoms with Crippen LogP contribution < -0.4 is 9.47 Å². The Morgan fingerprint density at radius 2 is 2.33 bits per heavy atom. The van der Waals surface area contributed by atoms with E-state index in [9.17, 15) is 5.21 Å². The minimum absolute atomic E-state index is 0.156. The van der Waals surface area contributed by atoms with E-state index in [0.29, 0.717) is 0 Å². The van der Waals surface area contributed by atoms with Crippen molar-refractivity contribution in [2.24, 2.45) is 0 Å². The van der Waals surface area contributed by atoms with Gasteiger partial charge in [-0.25, -0.2) is 0 Å². The summed E-state index contributed by atoms with van der Waals surface area (Å²) in [5, 5.41) is 10.9. The maximum atomic E-state index is 10.9. The molecule has 0 spiro atoms. The van der Waals surface area contributed by atoms with Crippen LogP contribution in [0.2, 0.25) is 0 Å². The van der Waals surface area contributed by atoms with Gasteiger partial charge in [0.1, 0.15) is 5.60 Å². The molecule has 1 aliphatic heterocycles. The Morgan fingerprint density at radius 3 is 3.08 bits per heavy atom. The van der Waals surface area contributed by atoms with Gasteiger partial charge in [0.15, 0.2) is 11.9 Å². The van der Waals surface area contributed by atoms with Crippen LogP contribution in [0.5, 0.6) is 5.75 Å². The first-order valence-corrected chi connectivity index (χ1v) is 3.98. The van der Waals surface area contributed by atoms with E-state index in [2.05, 4.69) is 0 Å². The summed E-state index contributed by atoms with van der Waals surface area (Å²) in [5.41, 5.74) is 0.962. The Hall–Kier alpha value is -1.25. The molecule has 0 bridgehead atoms. The summed E-state index contributed by atoms with van der Waals surface area (Å²) in [6.45, 7) is 4.03. The van der Waals surface area contributed by atoms with E-state index in [-0.39, 0.29) is 5.60 Å². The molecule has 0 amide bonds. The highest BCUT2D eigenvalue weighted by Crippen LogP contribution is 2.32. The molecule has 1 aliphatic rings. The predicted molar refractivity (Wildman–Crippen MR) is 43.8 cm³/mol. The second-order valence-electron chi connectivity index (χ2n) is 3.73. The molecule has 2 heterocycles. The van der Waals surface area contributed by atoms with E-state index >= 15 is 0 Å². The van der Waals surface area contributed by atoms with Crippen LogP contribution in [-0.2, 0) is 6.42 Å². The highest BCUT2D eigenvalue weighted by Gasteiger charge is 2.31. The number of fused-ring (bicyclic) bond motifs is 1. The fraction of sp³-hybridized carbons (Fsp3) is 0.444. The maximum Gasteiger partial charge on any atom is 0.222 e. The molecular formula is C9H11NO2. The predicted octanol–water partition coefficient (Wildman–Crippen LogP) is 1.03. The zero-order valence-electron chi connectivity index (χ0n) is 7.20. The van der Waals surface area contributed by atoms with Crippen LogP contribution in [0.15, 0.2) is 18.5 Å². The normalized spacial score (nSPS) is 18.5. The average molecular weight is 165 g/mol. The second-order valence-corrected chi connectivity index (χ2v) is 3.73. The monoisotopic (exact) mass is 165 g/mol. The topological polar surface area (TPSA) is 36.2 Å². The van der Waals surface area contributed by atoms with Gasteiger partial charge >= 0.3 is 0 Å². The highest BCUT2D eigenvalue weighted by atomic mass is 16.5. The van der Waals surface area contributed by atoms with Crippen LogP contribution in [-0.4, -0.2) is 5.60 Å². The number of hydrogen-bond acceptors (Lipinski definition) is 2. The largest absolute Gasteiger partial charge is 0.619 e. The van der Waals surface area contributed by atoms with Crippen molar-refractivity contribution in [1.82, 2.24) is 0 Å². The maximum absolute atomic E-state index is 10.9. The van der Waals surface area contributed by atoms with Crippen molar-refractivity contribution >= 4 is 0 Å². The molecule has 64 valence electrons. The fourth-order valence-corrected chi connectivity index (χ4v) is 1.52. The molecule has 2 rings (SSSR count). The van der Waals surface area contributed by atoms with Gasteiger partial charge in [0, 0.05) is 18.1 Å². The van der Waals surface area contributed by atoms with Crippen molar-refractivity contribution in [2.75, 3.05) is 0 Å². The van der Waals surface area contributed by atoms with Gasteiger partial charge in [-0.3, -0.25) is 0 Å². The Kier molecular flexibility index (Phi) is 1.31. The van der Waals surface area contributed by atoms with Gasteiger partial charge in [0.25, 0.3) is 0 Å². The van der Waals surface area contributed by atoms with E-state index in [1.807, 2.05) is 19.9 Å². The number of nitrogens with zero attached hydrogens (tertiary/aromatic N) is 1. The molecule has 3 nitrogen and oxygen atoms in total. The molecule has 1 aromatic heterocycles. The van der Waals surface area contributed by atoms with E-state index in [0.717, 1.165) is 22.5 Å². The quantitative estimate of drug-likeness (QED) is 0.425. The van der Waals surface area contributed by atoms with Crippen LogP contribution in [0, 0.1) is 5.21 Å². The summed E-state index contributed by atoms with van der Waals surface area (Å²) < 4.78 is 6.32. The third-order valence-corrected chi connectivity index (χ3v) is 1.99. The molecule has 12 heavy (non-hydrogen) atoms. The van der Waals surface area contributed by atoms with Crippen molar-refractivity contribution in [3.05, 3.63) is 29.2 Å². The molecule has 0 radical (unpaired) electrons. The molecule has 0 unspecified atom stereocenters. The molecule has 0 saturated carbocycles. The summed E-state index contributed by atoms with van der Waals surface area (Å²) in [6, 6.07) is 1.82. The molecule has 3 heteroatoms. The van der Waals surface area contributed by atoms with E-state index < -0.39 is 0 Å². The lowest BCUT2D eigenvalue weighted by Gasteiger charge is -2.16. The van der Waals surface area contributed by atoms with Crippen molar-refractivity contribution in [3.63, 3.8) is 0 Å². The van der Waals surface area contributed by atoms with Gasteiger partial charge in [-0.1, -0.05) is 0 Å². The molecule has 0 aliphatic carbocycles. The summed E-state index contributed by atoms with van der Waals surface area (Å²) in [6.07, 6.45) is 3.86. The third kappa shape index (κ3) is 1.11. The van der Waals surface area contributed by atoms with Gasteiger partial charge in [-0.15, -0.1) is 0 Å².